The predicted octanol–water partition coefficient (Wildman–Crippen LogP) is 1.99. The Labute approximate surface area is 117 Å². The fourth-order valence-corrected chi connectivity index (χ4v) is 1.52. The number of anilines is 4. The Bertz CT molecular complexity index is 634. The van der Waals surface area contributed by atoms with Gasteiger partial charge in [0.25, 0.3) is 0 Å². The molecule has 0 spiro atoms. The zero-order valence-corrected chi connectivity index (χ0v) is 10.5. The number of alkyl halides is 3. The average Bonchev–Trinajstić information content (AvgIpc) is 2.36. The molecule has 0 bridgehead atoms. The number of ether oxygens (including phenoxy) is 1. The van der Waals surface area contributed by atoms with Crippen molar-refractivity contribution in [1.29, 1.82) is 0 Å². The molecule has 6 N–H and O–H groups in total. The van der Waals surface area contributed by atoms with E-state index in [1.54, 1.807) is 0 Å². The van der Waals surface area contributed by atoms with Crippen LogP contribution in [0.4, 0.5) is 36.4 Å². The second-order valence-electron chi connectivity index (χ2n) is 3.84. The second-order valence-corrected chi connectivity index (χ2v) is 3.84. The fraction of sp³-hybridized carbons (Fsp3) is 0.0909. The number of hydrogen-bond donors (Lipinski definition) is 4. The molecule has 21 heavy (non-hydrogen) atoms. The lowest BCUT2D eigenvalue weighted by Gasteiger charge is -2.11. The van der Waals surface area contributed by atoms with Crippen molar-refractivity contribution in [2.24, 2.45) is 5.84 Å². The van der Waals surface area contributed by atoms with Crippen LogP contribution in [0.15, 0.2) is 30.3 Å². The van der Waals surface area contributed by atoms with Gasteiger partial charge in [-0.15, -0.1) is 13.2 Å². The van der Waals surface area contributed by atoms with E-state index >= 15 is 0 Å². The minimum absolute atomic E-state index is 0.0457. The van der Waals surface area contributed by atoms with E-state index in [2.05, 4.69) is 25.4 Å². The summed E-state index contributed by atoms with van der Waals surface area (Å²) < 4.78 is 40.3. The molecule has 0 aliphatic rings. The van der Waals surface area contributed by atoms with Gasteiger partial charge in [0, 0.05) is 17.8 Å². The summed E-state index contributed by atoms with van der Waals surface area (Å²) in [7, 11) is 0. The monoisotopic (exact) mass is 300 g/mol. The molecule has 2 aromatic rings. The van der Waals surface area contributed by atoms with Gasteiger partial charge in [0.1, 0.15) is 17.4 Å². The van der Waals surface area contributed by atoms with Gasteiger partial charge in [0.2, 0.25) is 5.95 Å². The van der Waals surface area contributed by atoms with Crippen molar-refractivity contribution in [3.05, 3.63) is 30.3 Å². The number of nitrogen functional groups attached to an aromatic ring is 2. The molecule has 0 saturated carbocycles. The highest BCUT2D eigenvalue weighted by molar-refractivity contribution is 5.61. The van der Waals surface area contributed by atoms with Gasteiger partial charge >= 0.3 is 6.36 Å². The maximum atomic E-state index is 12.1. The summed E-state index contributed by atoms with van der Waals surface area (Å²) in [5, 5.41) is 2.77. The summed E-state index contributed by atoms with van der Waals surface area (Å²) in [5.41, 5.74) is 8.09. The van der Waals surface area contributed by atoms with Crippen LogP contribution in [-0.2, 0) is 0 Å². The highest BCUT2D eigenvalue weighted by atomic mass is 19.4. The highest BCUT2D eigenvalue weighted by Gasteiger charge is 2.31. The van der Waals surface area contributed by atoms with Gasteiger partial charge in [-0.2, -0.15) is 9.97 Å². The molecule has 1 aromatic carbocycles. The number of rotatable bonds is 4. The third kappa shape index (κ3) is 4.38. The van der Waals surface area contributed by atoms with E-state index in [1.165, 1.54) is 30.3 Å². The Hall–Kier alpha value is -2.75. The smallest absolute Gasteiger partial charge is 0.406 e. The van der Waals surface area contributed by atoms with Gasteiger partial charge in [0.15, 0.2) is 0 Å². The zero-order valence-electron chi connectivity index (χ0n) is 10.5. The number of aromatic nitrogens is 2. The molecule has 112 valence electrons. The summed E-state index contributed by atoms with van der Waals surface area (Å²) >= 11 is 0. The largest absolute Gasteiger partial charge is 0.573 e. The summed E-state index contributed by atoms with van der Waals surface area (Å²) in [4.78, 5) is 7.66. The predicted molar refractivity (Wildman–Crippen MR) is 70.7 cm³/mol. The minimum Gasteiger partial charge on any atom is -0.406 e. The molecule has 0 atom stereocenters. The Kier molecular flexibility index (Phi) is 3.98. The van der Waals surface area contributed by atoms with Crippen molar-refractivity contribution in [1.82, 2.24) is 9.97 Å². The summed E-state index contributed by atoms with van der Waals surface area (Å²) in [6.45, 7) is 0. The molecular formula is C11H11F3N6O. The molecule has 1 heterocycles. The van der Waals surface area contributed by atoms with E-state index < -0.39 is 6.36 Å². The van der Waals surface area contributed by atoms with Gasteiger partial charge in [0.05, 0.1) is 0 Å². The molecule has 0 aliphatic heterocycles. The lowest BCUT2D eigenvalue weighted by molar-refractivity contribution is -0.274. The fourth-order valence-electron chi connectivity index (χ4n) is 1.52. The molecular weight excluding hydrogens is 289 g/mol. The van der Waals surface area contributed by atoms with Crippen molar-refractivity contribution < 1.29 is 17.9 Å². The van der Waals surface area contributed by atoms with Gasteiger partial charge in [-0.3, -0.25) is 0 Å². The maximum Gasteiger partial charge on any atom is 0.573 e. The van der Waals surface area contributed by atoms with Gasteiger partial charge in [-0.1, -0.05) is 6.07 Å². The lowest BCUT2D eigenvalue weighted by atomic mass is 10.3. The van der Waals surface area contributed by atoms with E-state index in [-0.39, 0.29) is 23.3 Å². The summed E-state index contributed by atoms with van der Waals surface area (Å²) in [6, 6.07) is 6.72. The van der Waals surface area contributed by atoms with E-state index in [1.807, 2.05) is 0 Å². The molecule has 1 aromatic heterocycles. The summed E-state index contributed by atoms with van der Waals surface area (Å²) in [6.07, 6.45) is -4.76. The standard InChI is InChI=1S/C11H11F3N6O/c12-11(13,14)21-7-3-1-2-6(4-7)17-8-5-9(20-16)19-10(15)18-8/h1-5H,16H2,(H4,15,17,18,19,20). The zero-order chi connectivity index (χ0) is 15.5. The lowest BCUT2D eigenvalue weighted by Crippen LogP contribution is -2.17. The van der Waals surface area contributed by atoms with Crippen LogP contribution in [0.1, 0.15) is 0 Å². The van der Waals surface area contributed by atoms with Gasteiger partial charge in [-0.25, -0.2) is 5.84 Å². The molecule has 0 fully saturated rings. The van der Waals surface area contributed by atoms with Crippen molar-refractivity contribution in [2.45, 2.75) is 6.36 Å². The van der Waals surface area contributed by atoms with Crippen LogP contribution < -0.4 is 27.1 Å². The Morgan fingerprint density at radius 1 is 1.10 bits per heavy atom. The van der Waals surface area contributed by atoms with Crippen LogP contribution >= 0.6 is 0 Å². The third-order valence-corrected chi connectivity index (χ3v) is 2.23. The quantitative estimate of drug-likeness (QED) is 0.504. The Morgan fingerprint density at radius 2 is 1.81 bits per heavy atom. The van der Waals surface area contributed by atoms with Crippen molar-refractivity contribution >= 4 is 23.3 Å². The normalized spacial score (nSPS) is 11.0. The molecule has 0 radical (unpaired) electrons. The third-order valence-electron chi connectivity index (χ3n) is 2.23. The first-order chi connectivity index (χ1) is 9.85. The number of nitrogens with zero attached hydrogens (tertiary/aromatic N) is 2. The Balaban J connectivity index is 2.20. The first-order valence-electron chi connectivity index (χ1n) is 5.60. The molecule has 2 rings (SSSR count). The van der Waals surface area contributed by atoms with Crippen LogP contribution in [0.25, 0.3) is 0 Å². The van der Waals surface area contributed by atoms with Crippen molar-refractivity contribution in [2.75, 3.05) is 16.5 Å². The number of nitrogens with one attached hydrogen (secondary N) is 2. The SMILES string of the molecule is NNc1cc(Nc2cccc(OC(F)(F)F)c2)nc(N)n1. The molecule has 0 unspecified atom stereocenters. The van der Waals surface area contributed by atoms with E-state index in [0.29, 0.717) is 5.69 Å². The molecule has 0 aliphatic carbocycles. The number of benzene rings is 1. The molecule has 7 nitrogen and oxygen atoms in total. The minimum atomic E-state index is -4.76. The van der Waals surface area contributed by atoms with Crippen LogP contribution in [-0.4, -0.2) is 16.3 Å². The Morgan fingerprint density at radius 3 is 2.48 bits per heavy atom. The van der Waals surface area contributed by atoms with Gasteiger partial charge < -0.3 is 21.2 Å². The van der Waals surface area contributed by atoms with Gasteiger partial charge in [-0.05, 0) is 12.1 Å². The van der Waals surface area contributed by atoms with Crippen LogP contribution in [0, 0.1) is 0 Å². The average molecular weight is 300 g/mol. The van der Waals surface area contributed by atoms with Crippen LogP contribution in [0.2, 0.25) is 0 Å². The molecule has 0 saturated heterocycles. The highest BCUT2D eigenvalue weighted by Crippen LogP contribution is 2.26. The number of nitrogens with two attached hydrogens (primary N) is 2. The maximum absolute atomic E-state index is 12.1. The number of hydrogen-bond acceptors (Lipinski definition) is 7. The number of halogens is 3. The van der Waals surface area contributed by atoms with Crippen LogP contribution in [0.3, 0.4) is 0 Å². The molecule has 10 heteroatoms. The number of hydrazine groups is 1. The summed E-state index contributed by atoms with van der Waals surface area (Å²) in [5.74, 6) is 5.33. The van der Waals surface area contributed by atoms with Crippen molar-refractivity contribution in [3.8, 4) is 5.75 Å². The van der Waals surface area contributed by atoms with E-state index in [4.69, 9.17) is 11.6 Å². The molecule has 0 amide bonds. The van der Waals surface area contributed by atoms with Crippen LogP contribution in [0.5, 0.6) is 5.75 Å². The van der Waals surface area contributed by atoms with Crippen molar-refractivity contribution in [3.63, 3.8) is 0 Å². The first-order valence-corrected chi connectivity index (χ1v) is 5.60. The van der Waals surface area contributed by atoms with E-state index in [0.717, 1.165) is 0 Å². The van der Waals surface area contributed by atoms with E-state index in [9.17, 15) is 13.2 Å². The second kappa shape index (κ2) is 5.71. The topological polar surface area (TPSA) is 111 Å². The first kappa shape index (κ1) is 14.7.